The minimum Gasteiger partial charge on any atom is -0.485 e. The summed E-state index contributed by atoms with van der Waals surface area (Å²) in [6.45, 7) is 2.83. The minimum absolute atomic E-state index is 0.373. The zero-order valence-electron chi connectivity index (χ0n) is 9.14. The number of hydrogen-bond donors (Lipinski definition) is 1. The molecule has 1 aromatic carbocycles. The lowest BCUT2D eigenvalue weighted by molar-refractivity contribution is 0.246. The fourth-order valence-electron chi connectivity index (χ4n) is 1.54. The van der Waals surface area contributed by atoms with Gasteiger partial charge >= 0.3 is 0 Å². The van der Waals surface area contributed by atoms with Crippen LogP contribution >= 0.6 is 0 Å². The molecule has 0 spiro atoms. The first-order valence-corrected chi connectivity index (χ1v) is 5.12. The molecule has 0 unspecified atom stereocenters. The van der Waals surface area contributed by atoms with E-state index in [1.165, 1.54) is 0 Å². The lowest BCUT2D eigenvalue weighted by Crippen LogP contribution is -2.03. The van der Waals surface area contributed by atoms with Crippen molar-refractivity contribution in [1.82, 2.24) is 5.16 Å². The first-order valence-electron chi connectivity index (χ1n) is 5.12. The molecule has 0 aliphatic heterocycles. The maximum Gasteiger partial charge on any atom is 0.174 e. The van der Waals surface area contributed by atoms with Crippen molar-refractivity contribution in [2.24, 2.45) is 5.73 Å². The average molecular weight is 218 g/mol. The quantitative estimate of drug-likeness (QED) is 0.852. The SMILES string of the molecule is Cc1cccc(CN)c1OCc1ccno1. The number of rotatable bonds is 4. The van der Waals surface area contributed by atoms with E-state index in [1.54, 1.807) is 12.3 Å². The van der Waals surface area contributed by atoms with Crippen LogP contribution in [0, 0.1) is 6.92 Å². The highest BCUT2D eigenvalue weighted by molar-refractivity contribution is 5.40. The summed E-state index contributed by atoms with van der Waals surface area (Å²) >= 11 is 0. The highest BCUT2D eigenvalue weighted by Gasteiger charge is 2.06. The number of nitrogens with two attached hydrogens (primary N) is 1. The Morgan fingerprint density at radius 1 is 1.38 bits per heavy atom. The highest BCUT2D eigenvalue weighted by atomic mass is 16.5. The van der Waals surface area contributed by atoms with Crippen LogP contribution in [-0.4, -0.2) is 5.16 Å². The topological polar surface area (TPSA) is 61.3 Å². The molecule has 1 heterocycles. The summed E-state index contributed by atoms with van der Waals surface area (Å²) < 4.78 is 10.7. The van der Waals surface area contributed by atoms with Gasteiger partial charge in [0.05, 0.1) is 6.20 Å². The number of nitrogens with zero attached hydrogens (tertiary/aromatic N) is 1. The molecular formula is C12H14N2O2. The van der Waals surface area contributed by atoms with E-state index in [0.717, 1.165) is 16.9 Å². The summed E-state index contributed by atoms with van der Waals surface area (Å²) in [4.78, 5) is 0. The highest BCUT2D eigenvalue weighted by Crippen LogP contribution is 2.23. The normalized spacial score (nSPS) is 10.4. The monoisotopic (exact) mass is 218 g/mol. The van der Waals surface area contributed by atoms with Crippen LogP contribution in [0.25, 0.3) is 0 Å². The van der Waals surface area contributed by atoms with Crippen LogP contribution in [0.5, 0.6) is 5.75 Å². The molecule has 2 N–H and O–H groups in total. The molecule has 0 amide bonds. The van der Waals surface area contributed by atoms with Gasteiger partial charge in [0.2, 0.25) is 0 Å². The van der Waals surface area contributed by atoms with Crippen LogP contribution in [0.2, 0.25) is 0 Å². The summed E-state index contributed by atoms with van der Waals surface area (Å²) in [6.07, 6.45) is 1.60. The second-order valence-electron chi connectivity index (χ2n) is 3.53. The van der Waals surface area contributed by atoms with Gasteiger partial charge in [-0.1, -0.05) is 23.4 Å². The molecule has 84 valence electrons. The molecule has 1 aromatic heterocycles. The summed E-state index contributed by atoms with van der Waals surface area (Å²) in [6, 6.07) is 7.71. The molecule has 16 heavy (non-hydrogen) atoms. The van der Waals surface area contributed by atoms with Gasteiger partial charge in [-0.25, -0.2) is 0 Å². The molecule has 0 aliphatic rings. The van der Waals surface area contributed by atoms with Gasteiger partial charge < -0.3 is 15.0 Å². The Bertz CT molecular complexity index is 452. The zero-order valence-corrected chi connectivity index (χ0v) is 9.14. The van der Waals surface area contributed by atoms with E-state index in [-0.39, 0.29) is 0 Å². The minimum atomic E-state index is 0.373. The van der Waals surface area contributed by atoms with Gasteiger partial charge in [-0.05, 0) is 12.5 Å². The number of aryl methyl sites for hydroxylation is 1. The molecule has 0 fully saturated rings. The predicted molar refractivity (Wildman–Crippen MR) is 59.9 cm³/mol. The van der Waals surface area contributed by atoms with Gasteiger partial charge in [-0.15, -0.1) is 0 Å². The molecular weight excluding hydrogens is 204 g/mol. The smallest absolute Gasteiger partial charge is 0.174 e. The van der Waals surface area contributed by atoms with E-state index in [0.29, 0.717) is 18.9 Å². The summed E-state index contributed by atoms with van der Waals surface area (Å²) in [7, 11) is 0. The lowest BCUT2D eigenvalue weighted by Gasteiger charge is -2.11. The predicted octanol–water partition coefficient (Wildman–Crippen LogP) is 2.02. The second-order valence-corrected chi connectivity index (χ2v) is 3.53. The Balaban J connectivity index is 2.14. The Labute approximate surface area is 94.0 Å². The Morgan fingerprint density at radius 3 is 2.94 bits per heavy atom. The first kappa shape index (κ1) is 10.7. The molecule has 0 radical (unpaired) electrons. The maximum atomic E-state index is 5.69. The van der Waals surface area contributed by atoms with Gasteiger partial charge in [0, 0.05) is 18.2 Å². The number of benzene rings is 1. The van der Waals surface area contributed by atoms with Crippen molar-refractivity contribution in [3.63, 3.8) is 0 Å². The van der Waals surface area contributed by atoms with E-state index in [9.17, 15) is 0 Å². The second kappa shape index (κ2) is 4.81. The molecule has 0 atom stereocenters. The summed E-state index contributed by atoms with van der Waals surface area (Å²) in [5, 5.41) is 3.62. The van der Waals surface area contributed by atoms with Crippen molar-refractivity contribution in [1.29, 1.82) is 0 Å². The van der Waals surface area contributed by atoms with E-state index in [1.807, 2.05) is 25.1 Å². The Kier molecular flexibility index (Phi) is 3.22. The van der Waals surface area contributed by atoms with Crippen LogP contribution in [0.15, 0.2) is 35.0 Å². The number of hydrogen-bond acceptors (Lipinski definition) is 4. The Morgan fingerprint density at radius 2 is 2.25 bits per heavy atom. The van der Waals surface area contributed by atoms with Crippen LogP contribution in [-0.2, 0) is 13.2 Å². The van der Waals surface area contributed by atoms with Crippen molar-refractivity contribution >= 4 is 0 Å². The fourth-order valence-corrected chi connectivity index (χ4v) is 1.54. The van der Waals surface area contributed by atoms with Crippen molar-refractivity contribution in [3.05, 3.63) is 47.3 Å². The third-order valence-corrected chi connectivity index (χ3v) is 2.36. The molecule has 2 rings (SSSR count). The molecule has 4 nitrogen and oxygen atoms in total. The van der Waals surface area contributed by atoms with Crippen molar-refractivity contribution < 1.29 is 9.26 Å². The summed E-state index contributed by atoms with van der Waals surface area (Å²) in [5.41, 5.74) is 7.72. The van der Waals surface area contributed by atoms with E-state index < -0.39 is 0 Å². The molecule has 0 saturated heterocycles. The van der Waals surface area contributed by atoms with Crippen molar-refractivity contribution in [2.45, 2.75) is 20.1 Å². The molecule has 0 aliphatic carbocycles. The fraction of sp³-hybridized carbons (Fsp3) is 0.250. The van der Waals surface area contributed by atoms with E-state index in [2.05, 4.69) is 5.16 Å². The molecule has 0 bridgehead atoms. The number of ether oxygens (including phenoxy) is 1. The van der Waals surface area contributed by atoms with Crippen LogP contribution in [0.1, 0.15) is 16.9 Å². The van der Waals surface area contributed by atoms with Crippen molar-refractivity contribution in [3.8, 4) is 5.75 Å². The largest absolute Gasteiger partial charge is 0.485 e. The third-order valence-electron chi connectivity index (χ3n) is 2.36. The van der Waals surface area contributed by atoms with Gasteiger partial charge in [0.15, 0.2) is 5.76 Å². The summed E-state index contributed by atoms with van der Waals surface area (Å²) in [5.74, 6) is 1.53. The molecule has 4 heteroatoms. The van der Waals surface area contributed by atoms with Crippen molar-refractivity contribution in [2.75, 3.05) is 0 Å². The van der Waals surface area contributed by atoms with Crippen LogP contribution < -0.4 is 10.5 Å². The molecule has 2 aromatic rings. The van der Waals surface area contributed by atoms with Gasteiger partial charge in [-0.2, -0.15) is 0 Å². The maximum absolute atomic E-state index is 5.69. The van der Waals surface area contributed by atoms with Gasteiger partial charge in [-0.3, -0.25) is 0 Å². The lowest BCUT2D eigenvalue weighted by atomic mass is 10.1. The third kappa shape index (κ3) is 2.23. The zero-order chi connectivity index (χ0) is 11.4. The van der Waals surface area contributed by atoms with Gasteiger partial charge in [0.1, 0.15) is 12.4 Å². The standard InChI is InChI=1S/C12H14N2O2/c1-9-3-2-4-10(7-13)12(9)15-8-11-5-6-14-16-11/h2-6H,7-8,13H2,1H3. The van der Waals surface area contributed by atoms with Crippen LogP contribution in [0.3, 0.4) is 0 Å². The Hall–Kier alpha value is -1.81. The average Bonchev–Trinajstić information content (AvgIpc) is 2.80. The van der Waals surface area contributed by atoms with Crippen LogP contribution in [0.4, 0.5) is 0 Å². The van der Waals surface area contributed by atoms with E-state index >= 15 is 0 Å². The number of aromatic nitrogens is 1. The van der Waals surface area contributed by atoms with E-state index in [4.69, 9.17) is 15.0 Å². The number of para-hydroxylation sites is 1. The first-order chi connectivity index (χ1) is 7.81. The molecule has 0 saturated carbocycles. The van der Waals surface area contributed by atoms with Gasteiger partial charge in [0.25, 0.3) is 0 Å².